The Kier molecular flexibility index (Phi) is 5.57. The summed E-state index contributed by atoms with van der Waals surface area (Å²) in [4.78, 5) is 12.6. The van der Waals surface area contributed by atoms with E-state index in [1.165, 1.54) is 12.1 Å². The number of nitrogens with one attached hydrogen (secondary N) is 1. The molecule has 2 aromatic carbocycles. The van der Waals surface area contributed by atoms with E-state index in [9.17, 15) is 13.2 Å². The van der Waals surface area contributed by atoms with Gasteiger partial charge in [-0.05, 0) is 50.2 Å². The summed E-state index contributed by atoms with van der Waals surface area (Å²) in [6.07, 6.45) is 0. The highest BCUT2D eigenvalue weighted by Gasteiger charge is 2.19. The zero-order chi connectivity index (χ0) is 18.1. The van der Waals surface area contributed by atoms with Crippen molar-refractivity contribution < 1.29 is 13.2 Å². The van der Waals surface area contributed by atoms with Crippen LogP contribution in [0, 0.1) is 0 Å². The van der Waals surface area contributed by atoms with Crippen molar-refractivity contribution in [2.75, 3.05) is 10.5 Å². The second-order valence-electron chi connectivity index (χ2n) is 5.49. The summed E-state index contributed by atoms with van der Waals surface area (Å²) in [7, 11) is -3.56. The van der Waals surface area contributed by atoms with Crippen LogP contribution >= 0.6 is 27.5 Å². The second-order valence-corrected chi connectivity index (χ2v) is 9.07. The van der Waals surface area contributed by atoms with E-state index in [0.717, 1.165) is 0 Å². The maximum absolute atomic E-state index is 12.6. The van der Waals surface area contributed by atoms with E-state index in [-0.39, 0.29) is 17.2 Å². The molecule has 0 radical (unpaired) electrons. The lowest BCUT2D eigenvalue weighted by Crippen LogP contribution is -2.23. The molecule has 24 heavy (non-hydrogen) atoms. The Morgan fingerprint density at radius 3 is 2.42 bits per heavy atom. The molecule has 0 unspecified atom stereocenters. The van der Waals surface area contributed by atoms with E-state index in [1.54, 1.807) is 38.1 Å². The molecule has 0 saturated carbocycles. The summed E-state index contributed by atoms with van der Waals surface area (Å²) >= 11 is 9.25. The number of nitrogens with two attached hydrogens (primary N) is 1. The Hall–Kier alpha value is -1.57. The smallest absolute Gasteiger partial charge is 0.235 e. The molecule has 0 spiro atoms. The topological polar surface area (TPSA) is 89.3 Å². The molecule has 0 aliphatic heterocycles. The van der Waals surface area contributed by atoms with Crippen molar-refractivity contribution in [2.24, 2.45) is 0 Å². The first-order valence-corrected chi connectivity index (χ1v) is 9.74. The number of hydrogen-bond donors (Lipinski definition) is 2. The minimum Gasteiger partial charge on any atom is -0.397 e. The van der Waals surface area contributed by atoms with Crippen molar-refractivity contribution in [1.82, 2.24) is 0 Å². The van der Waals surface area contributed by atoms with Gasteiger partial charge in [0, 0.05) is 20.6 Å². The highest BCUT2D eigenvalue weighted by Crippen LogP contribution is 2.26. The van der Waals surface area contributed by atoms with Crippen molar-refractivity contribution in [3.8, 4) is 0 Å². The van der Waals surface area contributed by atoms with E-state index in [1.807, 2.05) is 0 Å². The summed E-state index contributed by atoms with van der Waals surface area (Å²) in [6.45, 7) is 3.11. The Labute approximate surface area is 154 Å². The molecule has 0 amide bonds. The summed E-state index contributed by atoms with van der Waals surface area (Å²) in [5, 5.41) is -0.205. The highest BCUT2D eigenvalue weighted by molar-refractivity contribution is 9.10. The van der Waals surface area contributed by atoms with E-state index in [0.29, 0.717) is 20.6 Å². The SMILES string of the molecule is CC(C)S(=O)(=O)Nc1cc(C(=O)c2cc(Cl)cc(Br)c2)ccc1N. The molecule has 8 heteroatoms. The van der Waals surface area contributed by atoms with E-state index < -0.39 is 15.3 Å². The summed E-state index contributed by atoms with van der Waals surface area (Å²) < 4.78 is 27.1. The molecule has 0 saturated heterocycles. The first-order valence-electron chi connectivity index (χ1n) is 7.02. The minimum atomic E-state index is -3.56. The predicted molar refractivity (Wildman–Crippen MR) is 101 cm³/mol. The quantitative estimate of drug-likeness (QED) is 0.552. The van der Waals surface area contributed by atoms with Crippen LogP contribution in [0.5, 0.6) is 0 Å². The lowest BCUT2D eigenvalue weighted by Gasteiger charge is -2.14. The second kappa shape index (κ2) is 7.13. The lowest BCUT2D eigenvalue weighted by molar-refractivity contribution is 0.103. The van der Waals surface area contributed by atoms with Gasteiger partial charge in [0.2, 0.25) is 10.0 Å². The van der Waals surface area contributed by atoms with Gasteiger partial charge in [-0.25, -0.2) is 8.42 Å². The fourth-order valence-electron chi connectivity index (χ4n) is 1.91. The number of sulfonamides is 1. The minimum absolute atomic E-state index is 0.177. The molecule has 0 aromatic heterocycles. The van der Waals surface area contributed by atoms with Crippen LogP contribution in [0.25, 0.3) is 0 Å². The Morgan fingerprint density at radius 1 is 1.17 bits per heavy atom. The normalized spacial score (nSPS) is 11.5. The number of carbonyl (C=O) groups is 1. The molecule has 2 rings (SSSR count). The molecule has 0 heterocycles. The van der Waals surface area contributed by atoms with Crippen LogP contribution in [0.15, 0.2) is 40.9 Å². The third kappa shape index (κ3) is 4.28. The van der Waals surface area contributed by atoms with Crippen molar-refractivity contribution in [2.45, 2.75) is 19.1 Å². The monoisotopic (exact) mass is 430 g/mol. The Bertz CT molecular complexity index is 878. The molecule has 0 bridgehead atoms. The maximum Gasteiger partial charge on any atom is 0.235 e. The van der Waals surface area contributed by atoms with Crippen LogP contribution in [-0.2, 0) is 10.0 Å². The van der Waals surface area contributed by atoms with Gasteiger partial charge < -0.3 is 5.73 Å². The Balaban J connectivity index is 2.42. The lowest BCUT2D eigenvalue weighted by atomic mass is 10.0. The molecular weight excluding hydrogens is 416 g/mol. The van der Waals surface area contributed by atoms with Crippen LogP contribution in [-0.4, -0.2) is 19.5 Å². The average Bonchev–Trinajstić information content (AvgIpc) is 2.47. The predicted octanol–water partition coefficient (Wildman–Crippen LogP) is 4.07. The largest absolute Gasteiger partial charge is 0.397 e. The molecule has 0 aliphatic carbocycles. The van der Waals surface area contributed by atoms with Crippen LogP contribution in [0.1, 0.15) is 29.8 Å². The molecular formula is C16H16BrClN2O3S. The van der Waals surface area contributed by atoms with Gasteiger partial charge in [-0.2, -0.15) is 0 Å². The third-order valence-electron chi connectivity index (χ3n) is 3.31. The van der Waals surface area contributed by atoms with Gasteiger partial charge in [-0.1, -0.05) is 27.5 Å². The van der Waals surface area contributed by atoms with E-state index >= 15 is 0 Å². The van der Waals surface area contributed by atoms with Crippen molar-refractivity contribution in [3.63, 3.8) is 0 Å². The van der Waals surface area contributed by atoms with E-state index in [2.05, 4.69) is 20.7 Å². The zero-order valence-electron chi connectivity index (χ0n) is 13.0. The van der Waals surface area contributed by atoms with Gasteiger partial charge in [0.15, 0.2) is 5.78 Å². The van der Waals surface area contributed by atoms with Crippen LogP contribution < -0.4 is 10.5 Å². The molecule has 0 atom stereocenters. The molecule has 3 N–H and O–H groups in total. The fourth-order valence-corrected chi connectivity index (χ4v) is 3.49. The maximum atomic E-state index is 12.6. The summed E-state index contributed by atoms with van der Waals surface area (Å²) in [5.74, 6) is -0.289. The number of halogens is 2. The number of rotatable bonds is 5. The number of nitrogen functional groups attached to an aromatic ring is 1. The standard InChI is InChI=1S/C16H16BrClN2O3S/c1-9(2)24(22,23)20-15-7-10(3-4-14(15)19)16(21)11-5-12(17)8-13(18)6-11/h3-9,20H,19H2,1-2H3. The molecule has 0 fully saturated rings. The van der Waals surface area contributed by atoms with Crippen LogP contribution in [0.3, 0.4) is 0 Å². The molecule has 128 valence electrons. The molecule has 0 aliphatic rings. The van der Waals surface area contributed by atoms with Gasteiger partial charge in [0.25, 0.3) is 0 Å². The fraction of sp³-hybridized carbons (Fsp3) is 0.188. The number of hydrogen-bond acceptors (Lipinski definition) is 4. The summed E-state index contributed by atoms with van der Waals surface area (Å²) in [5.41, 5.74) is 6.92. The van der Waals surface area contributed by atoms with Gasteiger partial charge >= 0.3 is 0 Å². The van der Waals surface area contributed by atoms with Gasteiger partial charge in [-0.3, -0.25) is 9.52 Å². The first kappa shape index (κ1) is 18.8. The third-order valence-corrected chi connectivity index (χ3v) is 5.73. The van der Waals surface area contributed by atoms with Crippen molar-refractivity contribution in [1.29, 1.82) is 0 Å². The number of carbonyl (C=O) groups excluding carboxylic acids is 1. The first-order chi connectivity index (χ1) is 11.1. The number of anilines is 2. The molecule has 5 nitrogen and oxygen atoms in total. The van der Waals surface area contributed by atoms with Gasteiger partial charge in [-0.15, -0.1) is 0 Å². The van der Waals surface area contributed by atoms with Gasteiger partial charge in [0.1, 0.15) is 0 Å². The highest BCUT2D eigenvalue weighted by atomic mass is 79.9. The zero-order valence-corrected chi connectivity index (χ0v) is 16.2. The number of ketones is 1. The average molecular weight is 432 g/mol. The van der Waals surface area contributed by atoms with Crippen LogP contribution in [0.4, 0.5) is 11.4 Å². The Morgan fingerprint density at radius 2 is 1.83 bits per heavy atom. The number of benzene rings is 2. The van der Waals surface area contributed by atoms with Crippen LogP contribution in [0.2, 0.25) is 5.02 Å². The molecule has 2 aromatic rings. The van der Waals surface area contributed by atoms with Gasteiger partial charge in [0.05, 0.1) is 16.6 Å². The van der Waals surface area contributed by atoms with E-state index in [4.69, 9.17) is 17.3 Å². The summed E-state index contributed by atoms with van der Waals surface area (Å²) in [6, 6.07) is 9.31. The van der Waals surface area contributed by atoms with Crippen molar-refractivity contribution in [3.05, 3.63) is 57.0 Å². The van der Waals surface area contributed by atoms with Crippen molar-refractivity contribution >= 4 is 54.7 Å².